The van der Waals surface area contributed by atoms with Crippen LogP contribution in [0.4, 0.5) is 0 Å². The van der Waals surface area contributed by atoms with Crippen LogP contribution in [-0.2, 0) is 0 Å². The highest BCUT2D eigenvalue weighted by molar-refractivity contribution is 6.22. The van der Waals surface area contributed by atoms with E-state index in [1.165, 1.54) is 38.5 Å². The summed E-state index contributed by atoms with van der Waals surface area (Å²) in [5.74, 6) is 0. The molecule has 11 heavy (non-hydrogen) atoms. The van der Waals surface area contributed by atoms with Crippen molar-refractivity contribution in [1.82, 2.24) is 0 Å². The van der Waals surface area contributed by atoms with Crippen LogP contribution in [0.2, 0.25) is 0 Å². The van der Waals surface area contributed by atoms with Crippen molar-refractivity contribution in [1.29, 1.82) is 0 Å². The zero-order valence-electron chi connectivity index (χ0n) is 7.28. The van der Waals surface area contributed by atoms with Crippen LogP contribution in [-0.4, -0.2) is 5.38 Å². The molecule has 1 atom stereocenters. The number of hydrogen-bond donors (Lipinski definition) is 0. The molecule has 0 aromatic heterocycles. The fourth-order valence-corrected chi connectivity index (χ4v) is 1.84. The predicted octanol–water partition coefficient (Wildman–Crippen LogP) is 3.89. The van der Waals surface area contributed by atoms with Crippen molar-refractivity contribution in [3.63, 3.8) is 0 Å². The second kappa shape index (κ2) is 4.82. The molecule has 0 aromatic carbocycles. The summed E-state index contributed by atoms with van der Waals surface area (Å²) in [4.78, 5) is 0. The third-order valence-electron chi connectivity index (χ3n) is 2.26. The summed E-state index contributed by atoms with van der Waals surface area (Å²) in [5.41, 5.74) is 1.60. The summed E-state index contributed by atoms with van der Waals surface area (Å²) < 4.78 is 0. The Kier molecular flexibility index (Phi) is 3.99. The Balaban J connectivity index is 2.12. The van der Waals surface area contributed by atoms with Crippen LogP contribution in [0.1, 0.15) is 45.4 Å². The SMILES string of the molecule is CCCCCC1=CC(Cl)CC1. The maximum atomic E-state index is 5.94. The number of halogens is 1. The van der Waals surface area contributed by atoms with Crippen LogP contribution in [0.3, 0.4) is 0 Å². The minimum Gasteiger partial charge on any atom is -0.118 e. The lowest BCUT2D eigenvalue weighted by atomic mass is 10.1. The summed E-state index contributed by atoms with van der Waals surface area (Å²) >= 11 is 5.94. The van der Waals surface area contributed by atoms with Gasteiger partial charge in [-0.25, -0.2) is 0 Å². The minimum absolute atomic E-state index is 0.339. The van der Waals surface area contributed by atoms with Gasteiger partial charge in [-0.1, -0.05) is 31.4 Å². The van der Waals surface area contributed by atoms with Crippen LogP contribution < -0.4 is 0 Å². The van der Waals surface area contributed by atoms with E-state index >= 15 is 0 Å². The smallest absolute Gasteiger partial charge is 0.0521 e. The molecule has 0 saturated heterocycles. The summed E-state index contributed by atoms with van der Waals surface area (Å²) in [6, 6.07) is 0. The van der Waals surface area contributed by atoms with Crippen molar-refractivity contribution < 1.29 is 0 Å². The van der Waals surface area contributed by atoms with E-state index in [9.17, 15) is 0 Å². The third kappa shape index (κ3) is 3.29. The van der Waals surface area contributed by atoms with Crippen LogP contribution in [0, 0.1) is 0 Å². The highest BCUT2D eigenvalue weighted by Gasteiger charge is 2.11. The summed E-state index contributed by atoms with van der Waals surface area (Å²) in [7, 11) is 0. The van der Waals surface area contributed by atoms with E-state index in [2.05, 4.69) is 13.0 Å². The van der Waals surface area contributed by atoms with E-state index in [-0.39, 0.29) is 0 Å². The van der Waals surface area contributed by atoms with Gasteiger partial charge in [0, 0.05) is 0 Å². The molecule has 0 amide bonds. The molecule has 0 N–H and O–H groups in total. The van der Waals surface area contributed by atoms with Gasteiger partial charge in [0.25, 0.3) is 0 Å². The van der Waals surface area contributed by atoms with Gasteiger partial charge in [-0.15, -0.1) is 11.6 Å². The average molecular weight is 173 g/mol. The molecule has 1 aliphatic carbocycles. The normalized spacial score (nSPS) is 23.8. The van der Waals surface area contributed by atoms with E-state index in [0.717, 1.165) is 0 Å². The van der Waals surface area contributed by atoms with Crippen molar-refractivity contribution in [3.8, 4) is 0 Å². The lowest BCUT2D eigenvalue weighted by molar-refractivity contribution is 0.701. The summed E-state index contributed by atoms with van der Waals surface area (Å²) in [6.45, 7) is 2.24. The van der Waals surface area contributed by atoms with Crippen LogP contribution in [0.15, 0.2) is 11.6 Å². The fraction of sp³-hybridized carbons (Fsp3) is 0.800. The molecule has 0 aromatic rings. The third-order valence-corrected chi connectivity index (χ3v) is 2.60. The molecule has 1 heteroatoms. The summed E-state index contributed by atoms with van der Waals surface area (Å²) in [5, 5.41) is 0.339. The van der Waals surface area contributed by atoms with E-state index < -0.39 is 0 Å². The Labute approximate surface area is 74.6 Å². The van der Waals surface area contributed by atoms with Crippen molar-refractivity contribution in [2.24, 2.45) is 0 Å². The van der Waals surface area contributed by atoms with E-state index in [0.29, 0.717) is 5.38 Å². The Morgan fingerprint density at radius 1 is 1.55 bits per heavy atom. The number of rotatable bonds is 4. The van der Waals surface area contributed by atoms with E-state index in [4.69, 9.17) is 11.6 Å². The number of hydrogen-bond acceptors (Lipinski definition) is 0. The lowest BCUT2D eigenvalue weighted by Gasteiger charge is -1.98. The first-order chi connectivity index (χ1) is 5.33. The topological polar surface area (TPSA) is 0 Å². The van der Waals surface area contributed by atoms with Crippen LogP contribution in [0.25, 0.3) is 0 Å². The zero-order valence-corrected chi connectivity index (χ0v) is 8.03. The molecule has 0 heterocycles. The molecule has 64 valence electrons. The Bertz CT molecular complexity index is 138. The van der Waals surface area contributed by atoms with Gasteiger partial charge in [-0.2, -0.15) is 0 Å². The van der Waals surface area contributed by atoms with Crippen molar-refractivity contribution in [2.75, 3.05) is 0 Å². The van der Waals surface area contributed by atoms with Crippen LogP contribution >= 0.6 is 11.6 Å². The second-order valence-electron chi connectivity index (χ2n) is 3.34. The molecule has 0 bridgehead atoms. The van der Waals surface area contributed by atoms with Gasteiger partial charge >= 0.3 is 0 Å². The Morgan fingerprint density at radius 3 is 2.91 bits per heavy atom. The highest BCUT2D eigenvalue weighted by atomic mass is 35.5. The number of alkyl halides is 1. The lowest BCUT2D eigenvalue weighted by Crippen LogP contribution is -1.81. The molecule has 0 spiro atoms. The molecule has 0 fully saturated rings. The predicted molar refractivity (Wildman–Crippen MR) is 51.1 cm³/mol. The summed E-state index contributed by atoms with van der Waals surface area (Å²) in [6.07, 6.45) is 9.99. The van der Waals surface area contributed by atoms with Gasteiger partial charge < -0.3 is 0 Å². The Morgan fingerprint density at radius 2 is 2.36 bits per heavy atom. The molecule has 0 nitrogen and oxygen atoms in total. The number of allylic oxidation sites excluding steroid dienone is 2. The number of unbranched alkanes of at least 4 members (excludes halogenated alkanes) is 2. The second-order valence-corrected chi connectivity index (χ2v) is 3.90. The van der Waals surface area contributed by atoms with Gasteiger partial charge in [0.1, 0.15) is 0 Å². The minimum atomic E-state index is 0.339. The van der Waals surface area contributed by atoms with Crippen molar-refractivity contribution in [2.45, 2.75) is 50.8 Å². The largest absolute Gasteiger partial charge is 0.118 e. The van der Waals surface area contributed by atoms with Crippen molar-refractivity contribution in [3.05, 3.63) is 11.6 Å². The molecule has 1 aliphatic rings. The molecular weight excluding hydrogens is 156 g/mol. The molecule has 1 rings (SSSR count). The van der Waals surface area contributed by atoms with Gasteiger partial charge in [0.05, 0.1) is 5.38 Å². The zero-order chi connectivity index (χ0) is 8.10. The molecule has 0 saturated carbocycles. The van der Waals surface area contributed by atoms with E-state index in [1.807, 2.05) is 0 Å². The molecule has 0 radical (unpaired) electrons. The van der Waals surface area contributed by atoms with Gasteiger partial charge in [0.2, 0.25) is 0 Å². The van der Waals surface area contributed by atoms with Gasteiger partial charge in [-0.3, -0.25) is 0 Å². The maximum absolute atomic E-state index is 5.94. The highest BCUT2D eigenvalue weighted by Crippen LogP contribution is 2.26. The monoisotopic (exact) mass is 172 g/mol. The average Bonchev–Trinajstić information content (AvgIpc) is 2.37. The first-order valence-electron chi connectivity index (χ1n) is 4.66. The van der Waals surface area contributed by atoms with Crippen LogP contribution in [0.5, 0.6) is 0 Å². The first-order valence-corrected chi connectivity index (χ1v) is 5.10. The first kappa shape index (κ1) is 9.12. The molecule has 1 unspecified atom stereocenters. The molecular formula is C10H17Cl. The fourth-order valence-electron chi connectivity index (χ4n) is 1.56. The standard InChI is InChI=1S/C10H17Cl/c1-2-3-4-5-9-6-7-10(11)8-9/h8,10H,2-7H2,1H3. The maximum Gasteiger partial charge on any atom is 0.0521 e. The Hall–Kier alpha value is 0.0300. The van der Waals surface area contributed by atoms with Gasteiger partial charge in [0.15, 0.2) is 0 Å². The quantitative estimate of drug-likeness (QED) is 0.343. The van der Waals surface area contributed by atoms with Crippen molar-refractivity contribution >= 4 is 11.6 Å². The van der Waals surface area contributed by atoms with Gasteiger partial charge in [-0.05, 0) is 25.7 Å². The van der Waals surface area contributed by atoms with E-state index in [1.54, 1.807) is 5.57 Å². The molecule has 0 aliphatic heterocycles.